The van der Waals surface area contributed by atoms with Gasteiger partial charge >= 0.3 is 5.69 Å². The lowest BCUT2D eigenvalue weighted by atomic mass is 10.0. The summed E-state index contributed by atoms with van der Waals surface area (Å²) in [4.78, 5) is 32.5. The van der Waals surface area contributed by atoms with Gasteiger partial charge in [-0.15, -0.1) is 28.8 Å². The zero-order valence-electron chi connectivity index (χ0n) is 21.3. The van der Waals surface area contributed by atoms with Gasteiger partial charge in [0.25, 0.3) is 5.56 Å². The third-order valence-electron chi connectivity index (χ3n) is 6.39. The van der Waals surface area contributed by atoms with Gasteiger partial charge in [-0.2, -0.15) is 0 Å². The van der Waals surface area contributed by atoms with E-state index in [1.165, 1.54) is 27.7 Å². The van der Waals surface area contributed by atoms with Gasteiger partial charge in [0.05, 0.1) is 11.9 Å². The Morgan fingerprint density at radius 2 is 1.97 bits per heavy atom. The average Bonchev–Trinajstić information content (AvgIpc) is 3.26. The third-order valence-corrected chi connectivity index (χ3v) is 8.94. The molecule has 0 radical (unpaired) electrons. The number of H-pyrrole nitrogens is 1. The molecule has 4 rings (SSSR count). The lowest BCUT2D eigenvalue weighted by molar-refractivity contribution is 0.113. The van der Waals surface area contributed by atoms with Crippen LogP contribution in [0.4, 0.5) is 0 Å². The molecule has 0 unspecified atom stereocenters. The molecule has 3 aromatic heterocycles. The van der Waals surface area contributed by atoms with Crippen LogP contribution in [0, 0.1) is 6.92 Å². The zero-order chi connectivity index (χ0) is 26.7. The number of thiophene rings is 1. The maximum absolute atomic E-state index is 12.7. The molecule has 0 aliphatic rings. The molecule has 37 heavy (non-hydrogen) atoms. The SMILES string of the molecule is C=C=C(CC)c1ccc(Oc2ccc(-c3sc4c(c3C)c(=O)[nH]c(=O)n4C[C@](O)(CC)SC)cn2)cc1. The van der Waals surface area contributed by atoms with Crippen LogP contribution < -0.4 is 16.0 Å². The Hall–Kier alpha value is -3.36. The van der Waals surface area contributed by atoms with Crippen molar-refractivity contribution >= 4 is 38.9 Å². The maximum Gasteiger partial charge on any atom is 0.329 e. The van der Waals surface area contributed by atoms with E-state index in [9.17, 15) is 14.7 Å². The molecule has 0 aliphatic carbocycles. The average molecular weight is 536 g/mol. The van der Waals surface area contributed by atoms with Crippen molar-refractivity contribution in [3.63, 3.8) is 0 Å². The second-order valence-electron chi connectivity index (χ2n) is 8.61. The van der Waals surface area contributed by atoms with E-state index in [0.717, 1.165) is 33.6 Å². The van der Waals surface area contributed by atoms with Gasteiger partial charge < -0.3 is 9.84 Å². The number of hydrogen-bond donors (Lipinski definition) is 2. The van der Waals surface area contributed by atoms with Gasteiger partial charge in [-0.1, -0.05) is 32.6 Å². The number of nitrogens with one attached hydrogen (secondary N) is 1. The van der Waals surface area contributed by atoms with Crippen LogP contribution in [-0.2, 0) is 6.54 Å². The molecular formula is C28H29N3O4S2. The third kappa shape index (κ3) is 5.36. The van der Waals surface area contributed by atoms with Crippen LogP contribution >= 0.6 is 23.1 Å². The Labute approximate surface area is 223 Å². The molecule has 2 N–H and O–H groups in total. The predicted octanol–water partition coefficient (Wildman–Crippen LogP) is 5.95. The number of aromatic nitrogens is 3. The fourth-order valence-electron chi connectivity index (χ4n) is 4.11. The van der Waals surface area contributed by atoms with Gasteiger partial charge in [0.2, 0.25) is 5.88 Å². The number of benzene rings is 1. The predicted molar refractivity (Wildman–Crippen MR) is 153 cm³/mol. The molecular weight excluding hydrogens is 506 g/mol. The lowest BCUT2D eigenvalue weighted by Crippen LogP contribution is -2.38. The van der Waals surface area contributed by atoms with E-state index >= 15 is 0 Å². The Morgan fingerprint density at radius 3 is 2.54 bits per heavy atom. The molecule has 0 amide bonds. The van der Waals surface area contributed by atoms with E-state index in [-0.39, 0.29) is 6.54 Å². The van der Waals surface area contributed by atoms with Gasteiger partial charge in [0.1, 0.15) is 15.5 Å². The molecule has 0 aliphatic heterocycles. The monoisotopic (exact) mass is 535 g/mol. The Bertz CT molecular complexity index is 1590. The Kier molecular flexibility index (Phi) is 7.90. The van der Waals surface area contributed by atoms with Crippen molar-refractivity contribution in [2.45, 2.75) is 45.1 Å². The first kappa shape index (κ1) is 26.7. The fraction of sp³-hybridized carbons (Fsp3) is 0.286. The van der Waals surface area contributed by atoms with Gasteiger partial charge in [0.15, 0.2) is 0 Å². The Morgan fingerprint density at radius 1 is 1.24 bits per heavy atom. The molecule has 3 heterocycles. The van der Waals surface area contributed by atoms with Crippen LogP contribution in [0.5, 0.6) is 11.6 Å². The highest BCUT2D eigenvalue weighted by Crippen LogP contribution is 2.37. The molecule has 1 atom stereocenters. The van der Waals surface area contributed by atoms with E-state index in [0.29, 0.717) is 28.3 Å². The smallest absolute Gasteiger partial charge is 0.329 e. The summed E-state index contributed by atoms with van der Waals surface area (Å²) >= 11 is 2.62. The number of hydrogen-bond acceptors (Lipinski definition) is 7. The van der Waals surface area contributed by atoms with Crippen LogP contribution in [0.25, 0.3) is 26.2 Å². The van der Waals surface area contributed by atoms with E-state index in [1.807, 2.05) is 44.2 Å². The van der Waals surface area contributed by atoms with Crippen molar-refractivity contribution in [1.82, 2.24) is 14.5 Å². The largest absolute Gasteiger partial charge is 0.439 e. The molecule has 0 saturated carbocycles. The first-order valence-corrected chi connectivity index (χ1v) is 13.9. The number of aliphatic hydroxyl groups is 1. The molecule has 9 heteroatoms. The van der Waals surface area contributed by atoms with Crippen molar-refractivity contribution in [2.75, 3.05) is 6.26 Å². The number of ether oxygens (including phenoxy) is 1. The molecule has 0 saturated heterocycles. The first-order chi connectivity index (χ1) is 17.7. The van der Waals surface area contributed by atoms with Gasteiger partial charge in [-0.25, -0.2) is 9.78 Å². The molecule has 0 bridgehead atoms. The molecule has 192 valence electrons. The standard InChI is InChI=1S/C28H29N3O4S2/c1-6-18(7-2)19-9-12-21(13-10-19)35-22-14-11-20(15-29-22)24-17(4)23-25(32)30-27(33)31(26(23)37-24)16-28(34,8-3)36-5/h9-15,34H,1,7-8,16H2,2-5H3,(H,30,32,33)/t28-/m0/s1. The number of thioether (sulfide) groups is 1. The van der Waals surface area contributed by atoms with Gasteiger partial charge in [-0.3, -0.25) is 14.3 Å². The first-order valence-electron chi connectivity index (χ1n) is 11.9. The summed E-state index contributed by atoms with van der Waals surface area (Å²) in [6.07, 6.45) is 4.80. The number of nitrogens with zero attached hydrogens (tertiary/aromatic N) is 2. The number of aryl methyl sites for hydroxylation is 1. The number of pyridine rings is 1. The number of rotatable bonds is 9. The minimum Gasteiger partial charge on any atom is -0.439 e. The van der Waals surface area contributed by atoms with Crippen LogP contribution in [0.15, 0.2) is 64.5 Å². The normalized spacial score (nSPS) is 12.8. The maximum atomic E-state index is 12.7. The zero-order valence-corrected chi connectivity index (χ0v) is 22.9. The second-order valence-corrected chi connectivity index (χ2v) is 10.8. The lowest BCUT2D eigenvalue weighted by Gasteiger charge is -2.25. The van der Waals surface area contributed by atoms with Crippen molar-refractivity contribution in [3.8, 4) is 22.1 Å². The van der Waals surface area contributed by atoms with Crippen LogP contribution in [0.1, 0.15) is 37.8 Å². The summed E-state index contributed by atoms with van der Waals surface area (Å²) in [6, 6.07) is 11.3. The molecule has 1 aromatic carbocycles. The molecule has 0 spiro atoms. The summed E-state index contributed by atoms with van der Waals surface area (Å²) in [7, 11) is 0. The number of aromatic amines is 1. The Balaban J connectivity index is 1.66. The topological polar surface area (TPSA) is 97.2 Å². The second kappa shape index (κ2) is 10.9. The van der Waals surface area contributed by atoms with Crippen LogP contribution in [0.3, 0.4) is 0 Å². The summed E-state index contributed by atoms with van der Waals surface area (Å²) in [5.74, 6) is 1.10. The highest BCUT2D eigenvalue weighted by molar-refractivity contribution is 7.99. The molecule has 4 aromatic rings. The molecule has 7 nitrogen and oxygen atoms in total. The minimum absolute atomic E-state index is 0.0718. The van der Waals surface area contributed by atoms with Crippen molar-refractivity contribution in [3.05, 3.63) is 86.9 Å². The summed E-state index contributed by atoms with van der Waals surface area (Å²) < 4.78 is 7.37. The van der Waals surface area contributed by atoms with E-state index in [1.54, 1.807) is 18.5 Å². The van der Waals surface area contributed by atoms with E-state index in [4.69, 9.17) is 4.74 Å². The van der Waals surface area contributed by atoms with E-state index in [2.05, 4.69) is 29.2 Å². The molecule has 0 fully saturated rings. The summed E-state index contributed by atoms with van der Waals surface area (Å²) in [5, 5.41) is 11.3. The number of allylic oxidation sites excluding steroid dienone is 1. The summed E-state index contributed by atoms with van der Waals surface area (Å²) in [6.45, 7) is 9.59. The van der Waals surface area contributed by atoms with Crippen molar-refractivity contribution in [2.24, 2.45) is 0 Å². The van der Waals surface area contributed by atoms with Gasteiger partial charge in [0, 0.05) is 28.3 Å². The van der Waals surface area contributed by atoms with Crippen molar-refractivity contribution in [1.29, 1.82) is 0 Å². The van der Waals surface area contributed by atoms with Crippen LogP contribution in [-0.4, -0.2) is 30.8 Å². The van der Waals surface area contributed by atoms with Gasteiger partial charge in [-0.05, 0) is 55.3 Å². The fourth-order valence-corrected chi connectivity index (χ4v) is 5.95. The highest BCUT2D eigenvalue weighted by Gasteiger charge is 2.27. The summed E-state index contributed by atoms with van der Waals surface area (Å²) in [5.41, 5.74) is 5.65. The van der Waals surface area contributed by atoms with Crippen molar-refractivity contribution < 1.29 is 9.84 Å². The van der Waals surface area contributed by atoms with E-state index < -0.39 is 16.2 Å². The minimum atomic E-state index is -1.12. The van der Waals surface area contributed by atoms with Crippen LogP contribution in [0.2, 0.25) is 0 Å². The number of fused-ring (bicyclic) bond motifs is 1. The quantitative estimate of drug-likeness (QED) is 0.203. The highest BCUT2D eigenvalue weighted by atomic mass is 32.2.